The molecule has 0 unspecified atom stereocenters. The Hall–Kier alpha value is -5.24. The van der Waals surface area contributed by atoms with E-state index in [2.05, 4.69) is 5.32 Å². The molecule has 0 radical (unpaired) electrons. The van der Waals surface area contributed by atoms with Gasteiger partial charge in [-0.2, -0.15) is 0 Å². The third kappa shape index (κ3) is 3.75. The molecule has 7 nitrogen and oxygen atoms in total. The molecular formula is C35H27FN2O5. The minimum Gasteiger partial charge on any atom is -0.497 e. The van der Waals surface area contributed by atoms with Crippen molar-refractivity contribution in [3.63, 3.8) is 0 Å². The first-order valence-corrected chi connectivity index (χ1v) is 13.9. The van der Waals surface area contributed by atoms with Gasteiger partial charge >= 0.3 is 0 Å². The van der Waals surface area contributed by atoms with Gasteiger partial charge in [0, 0.05) is 23.0 Å². The Morgan fingerprint density at radius 1 is 0.860 bits per heavy atom. The van der Waals surface area contributed by atoms with Gasteiger partial charge in [0.25, 0.3) is 0 Å². The van der Waals surface area contributed by atoms with Crippen LogP contribution in [0, 0.1) is 11.7 Å². The molecule has 0 bridgehead atoms. The highest BCUT2D eigenvalue weighted by Crippen LogP contribution is 2.62. The van der Waals surface area contributed by atoms with Crippen LogP contribution in [-0.2, 0) is 10.2 Å². The Balaban J connectivity index is 1.52. The van der Waals surface area contributed by atoms with Crippen molar-refractivity contribution < 1.29 is 28.2 Å². The molecule has 4 aromatic rings. The minimum atomic E-state index is -1.51. The lowest BCUT2D eigenvalue weighted by Crippen LogP contribution is -2.49. The van der Waals surface area contributed by atoms with Gasteiger partial charge < -0.3 is 19.7 Å². The molecule has 4 aromatic carbocycles. The summed E-state index contributed by atoms with van der Waals surface area (Å²) in [5, 5.41) is 3.01. The summed E-state index contributed by atoms with van der Waals surface area (Å²) in [6, 6.07) is 23.8. The molecule has 1 spiro atoms. The first-order chi connectivity index (χ1) is 20.9. The van der Waals surface area contributed by atoms with Crippen LogP contribution in [0.1, 0.15) is 43.4 Å². The number of halogens is 1. The van der Waals surface area contributed by atoms with Crippen molar-refractivity contribution in [3.8, 4) is 11.5 Å². The van der Waals surface area contributed by atoms with E-state index in [9.17, 15) is 14.4 Å². The van der Waals surface area contributed by atoms with Crippen molar-refractivity contribution in [1.29, 1.82) is 0 Å². The van der Waals surface area contributed by atoms with Crippen molar-refractivity contribution >= 4 is 29.2 Å². The van der Waals surface area contributed by atoms with E-state index in [0.717, 1.165) is 17.2 Å². The third-order valence-corrected chi connectivity index (χ3v) is 8.91. The maximum absolute atomic E-state index is 15.0. The second kappa shape index (κ2) is 9.94. The number of fused-ring (bicyclic) bond motifs is 6. The minimum absolute atomic E-state index is 0.0140. The van der Waals surface area contributed by atoms with Gasteiger partial charge in [-0.3, -0.25) is 14.4 Å². The van der Waals surface area contributed by atoms with Crippen LogP contribution in [0.25, 0.3) is 6.08 Å². The molecule has 0 aromatic heterocycles. The van der Waals surface area contributed by atoms with Crippen molar-refractivity contribution in [3.05, 3.63) is 131 Å². The number of nitrogens with zero attached hydrogens (tertiary/aromatic N) is 1. The number of ether oxygens (including phenoxy) is 2. The fourth-order valence-corrected chi connectivity index (χ4v) is 7.11. The monoisotopic (exact) mass is 574 g/mol. The SMILES string of the molecule is COc1cccc(C(=O)[C@H]2[C@H](C(=O)c3ccc(OC)c(F)c3)[C@]3(C(=O)Nc4ccccc43)[C@H]3c4ccccc4C=CN23)c1. The molecule has 1 fully saturated rings. The fraction of sp³-hybridized carbons (Fsp3) is 0.171. The van der Waals surface area contributed by atoms with E-state index < -0.39 is 35.0 Å². The zero-order valence-corrected chi connectivity index (χ0v) is 23.4. The Morgan fingerprint density at radius 2 is 1.63 bits per heavy atom. The number of carbonyl (C=O) groups excluding carboxylic acids is 3. The number of rotatable bonds is 6. The molecule has 8 heteroatoms. The fourth-order valence-electron chi connectivity index (χ4n) is 7.11. The average molecular weight is 575 g/mol. The van der Waals surface area contributed by atoms with Crippen LogP contribution < -0.4 is 14.8 Å². The Bertz CT molecular complexity index is 1850. The molecule has 214 valence electrons. The lowest BCUT2D eigenvalue weighted by Gasteiger charge is -2.38. The van der Waals surface area contributed by atoms with Crippen LogP contribution in [0.3, 0.4) is 0 Å². The number of hydrogen-bond donors (Lipinski definition) is 1. The smallest absolute Gasteiger partial charge is 0.238 e. The number of carbonyl (C=O) groups is 3. The third-order valence-electron chi connectivity index (χ3n) is 8.91. The Labute approximate surface area is 247 Å². The summed E-state index contributed by atoms with van der Waals surface area (Å²) in [6.07, 6.45) is 3.69. The van der Waals surface area contributed by atoms with E-state index in [-0.39, 0.29) is 23.0 Å². The predicted octanol–water partition coefficient (Wildman–Crippen LogP) is 5.82. The lowest BCUT2D eigenvalue weighted by molar-refractivity contribution is -0.122. The van der Waals surface area contributed by atoms with E-state index in [1.165, 1.54) is 26.4 Å². The molecule has 1 saturated heterocycles. The maximum Gasteiger partial charge on any atom is 0.238 e. The number of benzene rings is 4. The summed E-state index contributed by atoms with van der Waals surface area (Å²) in [4.78, 5) is 45.8. The first-order valence-electron chi connectivity index (χ1n) is 13.9. The second-order valence-electron chi connectivity index (χ2n) is 10.9. The van der Waals surface area contributed by atoms with Crippen molar-refractivity contribution in [2.45, 2.75) is 17.5 Å². The van der Waals surface area contributed by atoms with Gasteiger partial charge in [-0.1, -0.05) is 54.6 Å². The molecule has 3 aliphatic heterocycles. The van der Waals surface area contributed by atoms with Crippen molar-refractivity contribution in [2.75, 3.05) is 19.5 Å². The summed E-state index contributed by atoms with van der Waals surface area (Å²) in [7, 11) is 2.86. The van der Waals surface area contributed by atoms with E-state index in [0.29, 0.717) is 22.6 Å². The van der Waals surface area contributed by atoms with Gasteiger partial charge in [0.2, 0.25) is 5.91 Å². The molecular weight excluding hydrogens is 547 g/mol. The number of ketones is 2. The molecule has 0 aliphatic carbocycles. The zero-order chi connectivity index (χ0) is 29.9. The van der Waals surface area contributed by atoms with Gasteiger partial charge in [0.1, 0.15) is 17.2 Å². The number of para-hydroxylation sites is 1. The molecule has 43 heavy (non-hydrogen) atoms. The molecule has 0 saturated carbocycles. The van der Waals surface area contributed by atoms with Gasteiger partial charge in [-0.15, -0.1) is 0 Å². The first kappa shape index (κ1) is 26.6. The zero-order valence-electron chi connectivity index (χ0n) is 23.4. The van der Waals surface area contributed by atoms with Gasteiger partial charge in [0.05, 0.1) is 26.2 Å². The van der Waals surface area contributed by atoms with E-state index in [1.54, 1.807) is 36.5 Å². The van der Waals surface area contributed by atoms with Crippen molar-refractivity contribution in [1.82, 2.24) is 4.90 Å². The number of nitrogens with one attached hydrogen (secondary N) is 1. The van der Waals surface area contributed by atoms with Crippen molar-refractivity contribution in [2.24, 2.45) is 5.92 Å². The normalized spacial score (nSPS) is 22.9. The number of Topliss-reactive ketones (excluding diaryl/α,β-unsaturated/α-hetero) is 2. The molecule has 7 rings (SSSR count). The van der Waals surface area contributed by atoms with Gasteiger partial charge in [-0.05, 0) is 59.2 Å². The molecule has 1 N–H and O–H groups in total. The summed E-state index contributed by atoms with van der Waals surface area (Å²) in [6.45, 7) is 0. The van der Waals surface area contributed by atoms with E-state index in [4.69, 9.17) is 9.47 Å². The van der Waals surface area contributed by atoms with Gasteiger partial charge in [-0.25, -0.2) is 4.39 Å². The standard InChI is InChI=1S/C35H27FN2O5/c1-42-23-10-7-9-21(18-23)32(40)30-29(31(39)22-14-15-28(43-2)26(36)19-22)35(25-12-5-6-13-27(25)37-34(35)41)33-24-11-4-3-8-20(24)16-17-38(30)33/h3-19,29-30,33H,1-2H3,(H,37,41)/t29-,30-,33-,35+/m1/s1. The highest BCUT2D eigenvalue weighted by atomic mass is 19.1. The van der Waals surface area contributed by atoms with Crippen LogP contribution in [0.15, 0.2) is 97.2 Å². The lowest BCUT2D eigenvalue weighted by atomic mass is 9.62. The number of hydrogen-bond acceptors (Lipinski definition) is 6. The summed E-state index contributed by atoms with van der Waals surface area (Å²) in [5.41, 5.74) is 1.76. The molecule has 1 amide bonds. The predicted molar refractivity (Wildman–Crippen MR) is 159 cm³/mol. The highest BCUT2D eigenvalue weighted by Gasteiger charge is 2.70. The summed E-state index contributed by atoms with van der Waals surface area (Å²) >= 11 is 0. The van der Waals surface area contributed by atoms with E-state index >= 15 is 4.39 Å². The summed E-state index contributed by atoms with van der Waals surface area (Å²) in [5.74, 6) is -2.72. The quantitative estimate of drug-likeness (QED) is 0.292. The molecule has 3 heterocycles. The van der Waals surface area contributed by atoms with Crippen LogP contribution in [0.4, 0.5) is 10.1 Å². The maximum atomic E-state index is 15.0. The largest absolute Gasteiger partial charge is 0.497 e. The Morgan fingerprint density at radius 3 is 2.42 bits per heavy atom. The average Bonchev–Trinajstić information content (AvgIpc) is 3.52. The second-order valence-corrected chi connectivity index (χ2v) is 10.9. The number of anilines is 1. The van der Waals surface area contributed by atoms with E-state index in [1.807, 2.05) is 53.4 Å². The van der Waals surface area contributed by atoms with Crippen LogP contribution in [-0.4, -0.2) is 42.6 Å². The number of amides is 1. The number of methoxy groups -OCH3 is 2. The summed E-state index contributed by atoms with van der Waals surface area (Å²) < 4.78 is 25.5. The van der Waals surface area contributed by atoms with Crippen LogP contribution >= 0.6 is 0 Å². The van der Waals surface area contributed by atoms with Crippen LogP contribution in [0.5, 0.6) is 11.5 Å². The van der Waals surface area contributed by atoms with Crippen LogP contribution in [0.2, 0.25) is 0 Å². The molecule has 4 atom stereocenters. The molecule has 3 aliphatic rings. The topological polar surface area (TPSA) is 84.9 Å². The Kier molecular flexibility index (Phi) is 6.16. The highest BCUT2D eigenvalue weighted by molar-refractivity contribution is 6.16. The van der Waals surface area contributed by atoms with Gasteiger partial charge in [0.15, 0.2) is 23.1 Å².